The van der Waals surface area contributed by atoms with Gasteiger partial charge in [-0.3, -0.25) is 0 Å². The fraction of sp³-hybridized carbons (Fsp3) is 0.667. The van der Waals surface area contributed by atoms with Gasteiger partial charge in [-0.25, -0.2) is 4.79 Å². The van der Waals surface area contributed by atoms with Gasteiger partial charge in [-0.05, 0) is 20.8 Å². The van der Waals surface area contributed by atoms with E-state index in [0.29, 0.717) is 6.42 Å². The van der Waals surface area contributed by atoms with Crippen molar-refractivity contribution >= 4 is 6.08 Å². The molecular weight excluding hydrogens is 154 g/mol. The molecule has 12 heavy (non-hydrogen) atoms. The zero-order chi connectivity index (χ0) is 9.61. The van der Waals surface area contributed by atoms with Gasteiger partial charge in [0.1, 0.15) is 0 Å². The first-order valence-electron chi connectivity index (χ1n) is 3.87. The number of aliphatic imine (C=N–C) groups is 1. The zero-order valence-corrected chi connectivity index (χ0v) is 7.83. The van der Waals surface area contributed by atoms with Crippen molar-refractivity contribution in [1.29, 1.82) is 0 Å². The Bertz CT molecular complexity index is 193. The molecule has 0 radical (unpaired) electrons. The molecule has 68 valence electrons. The fourth-order valence-electron chi connectivity index (χ4n) is 1.09. The van der Waals surface area contributed by atoms with Crippen molar-refractivity contribution in [2.75, 3.05) is 0 Å². The summed E-state index contributed by atoms with van der Waals surface area (Å²) in [5.74, 6) is 0. The third kappa shape index (κ3) is 4.69. The van der Waals surface area contributed by atoms with E-state index in [0.717, 1.165) is 0 Å². The van der Waals surface area contributed by atoms with Gasteiger partial charge < -0.3 is 4.74 Å². The number of nitrogens with zero attached hydrogens (tertiary/aromatic N) is 1. The molecule has 0 bridgehead atoms. The molecule has 3 heteroatoms. The van der Waals surface area contributed by atoms with Crippen molar-refractivity contribution < 1.29 is 9.53 Å². The van der Waals surface area contributed by atoms with E-state index in [1.807, 2.05) is 20.8 Å². The van der Waals surface area contributed by atoms with Crippen molar-refractivity contribution in [3.63, 3.8) is 0 Å². The van der Waals surface area contributed by atoms with Crippen LogP contribution in [0.15, 0.2) is 17.8 Å². The van der Waals surface area contributed by atoms with Gasteiger partial charge in [-0.2, -0.15) is 4.99 Å². The maximum atomic E-state index is 10.0. The van der Waals surface area contributed by atoms with Crippen LogP contribution in [0.4, 0.5) is 0 Å². The van der Waals surface area contributed by atoms with Crippen LogP contribution in [0.2, 0.25) is 0 Å². The highest BCUT2D eigenvalue weighted by molar-refractivity contribution is 5.34. The van der Waals surface area contributed by atoms with Crippen LogP contribution in [0.25, 0.3) is 0 Å². The molecule has 3 nitrogen and oxygen atoms in total. The van der Waals surface area contributed by atoms with Crippen LogP contribution in [0.1, 0.15) is 27.2 Å². The predicted octanol–water partition coefficient (Wildman–Crippen LogP) is 2.04. The molecular formula is C9H15NO2. The van der Waals surface area contributed by atoms with Gasteiger partial charge in [0.25, 0.3) is 0 Å². The number of carbonyl (C=O) groups excluding carboxylic acids is 1. The summed E-state index contributed by atoms with van der Waals surface area (Å²) in [5.41, 5.74) is -0.399. The van der Waals surface area contributed by atoms with E-state index in [-0.39, 0.29) is 6.10 Å². The minimum atomic E-state index is -0.399. The summed E-state index contributed by atoms with van der Waals surface area (Å²) in [6.07, 6.45) is 3.64. The van der Waals surface area contributed by atoms with Crippen molar-refractivity contribution in [3.8, 4) is 0 Å². The van der Waals surface area contributed by atoms with Crippen LogP contribution in [-0.4, -0.2) is 17.7 Å². The average molecular weight is 169 g/mol. The Morgan fingerprint density at radius 3 is 2.75 bits per heavy atom. The molecule has 1 atom stereocenters. The van der Waals surface area contributed by atoms with Crippen LogP contribution in [0, 0.1) is 0 Å². The first-order chi connectivity index (χ1) is 5.52. The van der Waals surface area contributed by atoms with Crippen LogP contribution in [0.3, 0.4) is 0 Å². The molecule has 0 N–H and O–H groups in total. The van der Waals surface area contributed by atoms with E-state index < -0.39 is 5.54 Å². The van der Waals surface area contributed by atoms with Crippen molar-refractivity contribution in [1.82, 2.24) is 0 Å². The van der Waals surface area contributed by atoms with E-state index >= 15 is 0 Å². The molecule has 0 spiro atoms. The molecule has 0 aromatic carbocycles. The minimum Gasteiger partial charge on any atom is -0.499 e. The van der Waals surface area contributed by atoms with Gasteiger partial charge in [0.2, 0.25) is 6.08 Å². The lowest BCUT2D eigenvalue weighted by Gasteiger charge is -2.21. The first kappa shape index (κ1) is 10.9. The second-order valence-corrected chi connectivity index (χ2v) is 3.33. The maximum absolute atomic E-state index is 10.0. The maximum Gasteiger partial charge on any atom is 0.235 e. The molecule has 0 aliphatic rings. The minimum absolute atomic E-state index is 0.0228. The topological polar surface area (TPSA) is 38.7 Å². The molecule has 0 heterocycles. The fourth-order valence-corrected chi connectivity index (χ4v) is 1.09. The molecule has 1 unspecified atom stereocenters. The van der Waals surface area contributed by atoms with Crippen molar-refractivity contribution in [2.45, 2.75) is 38.8 Å². The molecule has 0 aliphatic carbocycles. The Morgan fingerprint density at radius 2 is 2.33 bits per heavy atom. The smallest absolute Gasteiger partial charge is 0.235 e. The number of hydrogen-bond acceptors (Lipinski definition) is 3. The summed E-state index contributed by atoms with van der Waals surface area (Å²) in [4.78, 5) is 13.7. The summed E-state index contributed by atoms with van der Waals surface area (Å²) < 4.78 is 5.10. The van der Waals surface area contributed by atoms with E-state index in [4.69, 9.17) is 4.74 Å². The van der Waals surface area contributed by atoms with Crippen LogP contribution >= 0.6 is 0 Å². The molecule has 0 fully saturated rings. The Morgan fingerprint density at radius 1 is 1.75 bits per heavy atom. The highest BCUT2D eigenvalue weighted by Gasteiger charge is 2.20. The SMILES string of the molecule is C=COC(C)CC(C)(C)N=C=O. The summed E-state index contributed by atoms with van der Waals surface area (Å²) in [5, 5.41) is 0. The predicted molar refractivity (Wildman–Crippen MR) is 47.6 cm³/mol. The van der Waals surface area contributed by atoms with Gasteiger partial charge in [0.05, 0.1) is 17.9 Å². The lowest BCUT2D eigenvalue weighted by Crippen LogP contribution is -2.23. The van der Waals surface area contributed by atoms with E-state index in [9.17, 15) is 4.79 Å². The van der Waals surface area contributed by atoms with E-state index in [2.05, 4.69) is 11.6 Å². The second kappa shape index (κ2) is 4.73. The lowest BCUT2D eigenvalue weighted by molar-refractivity contribution is 0.133. The molecule has 0 amide bonds. The van der Waals surface area contributed by atoms with E-state index in [1.54, 1.807) is 6.08 Å². The van der Waals surface area contributed by atoms with E-state index in [1.165, 1.54) is 6.26 Å². The highest BCUT2D eigenvalue weighted by atomic mass is 16.5. The van der Waals surface area contributed by atoms with Crippen LogP contribution < -0.4 is 0 Å². The van der Waals surface area contributed by atoms with Crippen LogP contribution in [-0.2, 0) is 9.53 Å². The number of isocyanates is 1. The van der Waals surface area contributed by atoms with Crippen molar-refractivity contribution in [2.24, 2.45) is 4.99 Å². The first-order valence-corrected chi connectivity index (χ1v) is 3.87. The Balaban J connectivity index is 4.03. The van der Waals surface area contributed by atoms with Gasteiger partial charge in [-0.15, -0.1) is 0 Å². The largest absolute Gasteiger partial charge is 0.499 e. The highest BCUT2D eigenvalue weighted by Crippen LogP contribution is 2.17. The Hall–Kier alpha value is -1.08. The molecule has 0 aromatic rings. The van der Waals surface area contributed by atoms with Gasteiger partial charge in [-0.1, -0.05) is 6.58 Å². The summed E-state index contributed by atoms with van der Waals surface area (Å²) in [6, 6.07) is 0. The van der Waals surface area contributed by atoms with Crippen molar-refractivity contribution in [3.05, 3.63) is 12.8 Å². The van der Waals surface area contributed by atoms with Gasteiger partial charge in [0.15, 0.2) is 0 Å². The number of hydrogen-bond donors (Lipinski definition) is 0. The quantitative estimate of drug-likeness (QED) is 0.359. The second-order valence-electron chi connectivity index (χ2n) is 3.33. The standard InChI is InChI=1S/C9H15NO2/c1-5-12-8(2)6-9(3,4)10-7-11/h5,8H,1,6H2,2-4H3. The Kier molecular flexibility index (Phi) is 4.30. The average Bonchev–Trinajstić information content (AvgIpc) is 1.85. The zero-order valence-electron chi connectivity index (χ0n) is 7.83. The molecule has 0 aromatic heterocycles. The van der Waals surface area contributed by atoms with Crippen LogP contribution in [0.5, 0.6) is 0 Å². The monoisotopic (exact) mass is 169 g/mol. The summed E-state index contributed by atoms with van der Waals surface area (Å²) in [7, 11) is 0. The lowest BCUT2D eigenvalue weighted by atomic mass is 9.98. The summed E-state index contributed by atoms with van der Waals surface area (Å²) >= 11 is 0. The number of rotatable bonds is 5. The van der Waals surface area contributed by atoms with Gasteiger partial charge >= 0.3 is 0 Å². The third-order valence-corrected chi connectivity index (χ3v) is 1.46. The molecule has 0 rings (SSSR count). The Labute approximate surface area is 73.1 Å². The third-order valence-electron chi connectivity index (χ3n) is 1.46. The normalized spacial score (nSPS) is 12.9. The molecule has 0 saturated heterocycles. The molecule has 0 saturated carbocycles. The van der Waals surface area contributed by atoms with Gasteiger partial charge in [0, 0.05) is 6.42 Å². The number of ether oxygens (including phenoxy) is 1. The molecule has 0 aliphatic heterocycles. The summed E-state index contributed by atoms with van der Waals surface area (Å²) in [6.45, 7) is 9.08.